The number of thiophene rings is 1. The summed E-state index contributed by atoms with van der Waals surface area (Å²) in [5.41, 5.74) is 0.788. The molecule has 0 aliphatic rings. The average molecular weight is 325 g/mol. The molecule has 0 aliphatic carbocycles. The molecule has 0 unspecified atom stereocenters. The number of halogens is 2. The van der Waals surface area contributed by atoms with Crippen molar-refractivity contribution in [2.24, 2.45) is 0 Å². The molecule has 4 nitrogen and oxygen atoms in total. The lowest BCUT2D eigenvalue weighted by molar-refractivity contribution is 1.20. The molecular weight excluding hydrogens is 315 g/mol. The van der Waals surface area contributed by atoms with E-state index >= 15 is 0 Å². The number of hydrogen-bond donors (Lipinski definition) is 2. The van der Waals surface area contributed by atoms with Crippen molar-refractivity contribution in [2.75, 3.05) is 17.7 Å². The summed E-state index contributed by atoms with van der Waals surface area (Å²) in [7, 11) is 1.79. The van der Waals surface area contributed by atoms with Gasteiger partial charge in [0.2, 0.25) is 5.95 Å². The molecule has 0 radical (unpaired) electrons. The summed E-state index contributed by atoms with van der Waals surface area (Å²) in [4.78, 5) is 9.75. The summed E-state index contributed by atoms with van der Waals surface area (Å²) >= 11 is 13.6. The predicted octanol–water partition coefficient (Wildman–Crippen LogP) is 4.78. The number of hydrogen-bond acceptors (Lipinski definition) is 5. The molecule has 0 atom stereocenters. The molecule has 0 fully saturated rings. The Morgan fingerprint density at radius 3 is 2.55 bits per heavy atom. The Bertz CT molecular complexity index is 752. The van der Waals surface area contributed by atoms with E-state index in [1.165, 1.54) is 0 Å². The zero-order valence-corrected chi connectivity index (χ0v) is 12.8. The van der Waals surface area contributed by atoms with Crippen LogP contribution >= 0.6 is 34.5 Å². The van der Waals surface area contributed by atoms with Crippen molar-refractivity contribution in [3.63, 3.8) is 0 Å². The van der Waals surface area contributed by atoms with Gasteiger partial charge in [-0.3, -0.25) is 0 Å². The molecular formula is C13H10Cl2N4S. The maximum atomic E-state index is 6.00. The van der Waals surface area contributed by atoms with E-state index in [-0.39, 0.29) is 0 Å². The van der Waals surface area contributed by atoms with Gasteiger partial charge in [-0.2, -0.15) is 4.98 Å². The fourth-order valence-electron chi connectivity index (χ4n) is 1.83. The zero-order chi connectivity index (χ0) is 14.1. The Kier molecular flexibility index (Phi) is 3.65. The molecule has 0 amide bonds. The van der Waals surface area contributed by atoms with Crippen LogP contribution in [0.25, 0.3) is 10.2 Å². The largest absolute Gasteiger partial charge is 0.357 e. The summed E-state index contributed by atoms with van der Waals surface area (Å²) in [6.45, 7) is 0. The van der Waals surface area contributed by atoms with E-state index in [0.717, 1.165) is 21.7 Å². The van der Waals surface area contributed by atoms with Gasteiger partial charge in [0.1, 0.15) is 10.6 Å². The molecule has 0 saturated carbocycles. The quantitative estimate of drug-likeness (QED) is 0.727. The van der Waals surface area contributed by atoms with Crippen molar-refractivity contribution < 1.29 is 0 Å². The Morgan fingerprint density at radius 1 is 1.10 bits per heavy atom. The van der Waals surface area contributed by atoms with E-state index in [0.29, 0.717) is 16.0 Å². The number of rotatable bonds is 3. The van der Waals surface area contributed by atoms with Crippen LogP contribution in [0.2, 0.25) is 10.0 Å². The van der Waals surface area contributed by atoms with E-state index in [9.17, 15) is 0 Å². The second-order valence-electron chi connectivity index (χ2n) is 4.07. The lowest BCUT2D eigenvalue weighted by atomic mass is 10.3. The van der Waals surface area contributed by atoms with Gasteiger partial charge in [0.05, 0.1) is 5.39 Å². The van der Waals surface area contributed by atoms with Gasteiger partial charge in [-0.05, 0) is 29.6 Å². The fourth-order valence-corrected chi connectivity index (χ4v) is 3.12. The molecule has 0 aliphatic heterocycles. The standard InChI is InChI=1S/C13H10Cl2N4S/c1-16-13-18-11(10-2-3-20-12(10)19-13)17-9-5-7(14)4-8(15)6-9/h2-6H,1H3,(H2,16,17,18,19). The van der Waals surface area contributed by atoms with Crippen molar-refractivity contribution >= 4 is 62.2 Å². The SMILES string of the molecule is CNc1nc(Nc2cc(Cl)cc(Cl)c2)c2ccsc2n1. The third-order valence-corrected chi connectivity index (χ3v) is 3.92. The van der Waals surface area contributed by atoms with Gasteiger partial charge in [-0.1, -0.05) is 23.2 Å². The Hall–Kier alpha value is -1.56. The number of nitrogens with zero attached hydrogens (tertiary/aromatic N) is 2. The third kappa shape index (κ3) is 2.65. The zero-order valence-electron chi connectivity index (χ0n) is 10.4. The van der Waals surface area contributed by atoms with Gasteiger partial charge in [0, 0.05) is 22.8 Å². The smallest absolute Gasteiger partial charge is 0.225 e. The average Bonchev–Trinajstić information content (AvgIpc) is 2.85. The molecule has 3 aromatic rings. The van der Waals surface area contributed by atoms with Gasteiger partial charge < -0.3 is 10.6 Å². The third-order valence-electron chi connectivity index (χ3n) is 2.67. The highest BCUT2D eigenvalue weighted by Crippen LogP contribution is 2.30. The van der Waals surface area contributed by atoms with Gasteiger partial charge in [-0.25, -0.2) is 4.98 Å². The monoisotopic (exact) mass is 324 g/mol. The van der Waals surface area contributed by atoms with Gasteiger partial charge in [0.25, 0.3) is 0 Å². The first-order chi connectivity index (χ1) is 9.65. The molecule has 7 heteroatoms. The maximum absolute atomic E-state index is 6.00. The van der Waals surface area contributed by atoms with Crippen LogP contribution in [0.15, 0.2) is 29.6 Å². The van der Waals surface area contributed by atoms with E-state index in [1.807, 2.05) is 11.4 Å². The van der Waals surface area contributed by atoms with E-state index in [2.05, 4.69) is 20.6 Å². The summed E-state index contributed by atoms with van der Waals surface area (Å²) in [6, 6.07) is 7.26. The molecule has 102 valence electrons. The Labute approximate surface area is 129 Å². The molecule has 2 N–H and O–H groups in total. The lowest BCUT2D eigenvalue weighted by Crippen LogP contribution is -2.00. The van der Waals surface area contributed by atoms with Crippen molar-refractivity contribution in [3.05, 3.63) is 39.7 Å². The topological polar surface area (TPSA) is 49.8 Å². The van der Waals surface area contributed by atoms with Gasteiger partial charge in [0.15, 0.2) is 0 Å². The summed E-state index contributed by atoms with van der Waals surface area (Å²) in [6.07, 6.45) is 0. The summed E-state index contributed by atoms with van der Waals surface area (Å²) < 4.78 is 0. The van der Waals surface area contributed by atoms with Crippen molar-refractivity contribution in [1.82, 2.24) is 9.97 Å². The van der Waals surface area contributed by atoms with Crippen LogP contribution in [-0.4, -0.2) is 17.0 Å². The summed E-state index contributed by atoms with van der Waals surface area (Å²) in [5, 5.41) is 10.3. The molecule has 1 aromatic carbocycles. The normalized spacial score (nSPS) is 10.8. The predicted molar refractivity (Wildman–Crippen MR) is 86.7 cm³/mol. The van der Waals surface area contributed by atoms with E-state index in [4.69, 9.17) is 23.2 Å². The Balaban J connectivity index is 2.07. The van der Waals surface area contributed by atoms with Crippen LogP contribution in [0.4, 0.5) is 17.5 Å². The van der Waals surface area contributed by atoms with Crippen LogP contribution < -0.4 is 10.6 Å². The van der Waals surface area contributed by atoms with Gasteiger partial charge in [-0.15, -0.1) is 11.3 Å². The van der Waals surface area contributed by atoms with E-state index in [1.54, 1.807) is 36.6 Å². The van der Waals surface area contributed by atoms with Crippen LogP contribution in [0.3, 0.4) is 0 Å². The van der Waals surface area contributed by atoms with Crippen LogP contribution in [0.1, 0.15) is 0 Å². The minimum absolute atomic E-state index is 0.565. The van der Waals surface area contributed by atoms with Gasteiger partial charge >= 0.3 is 0 Å². The van der Waals surface area contributed by atoms with Crippen LogP contribution in [0.5, 0.6) is 0 Å². The lowest BCUT2D eigenvalue weighted by Gasteiger charge is -2.09. The molecule has 0 saturated heterocycles. The Morgan fingerprint density at radius 2 is 1.85 bits per heavy atom. The molecule has 20 heavy (non-hydrogen) atoms. The first kappa shape index (κ1) is 13.4. The number of fused-ring (bicyclic) bond motifs is 1. The highest BCUT2D eigenvalue weighted by molar-refractivity contribution is 7.16. The van der Waals surface area contributed by atoms with Crippen molar-refractivity contribution in [2.45, 2.75) is 0 Å². The second-order valence-corrected chi connectivity index (χ2v) is 5.84. The van der Waals surface area contributed by atoms with Crippen LogP contribution in [0, 0.1) is 0 Å². The second kappa shape index (κ2) is 5.44. The first-order valence-corrected chi connectivity index (χ1v) is 7.45. The number of aromatic nitrogens is 2. The van der Waals surface area contributed by atoms with E-state index < -0.39 is 0 Å². The molecule has 2 heterocycles. The highest BCUT2D eigenvalue weighted by Gasteiger charge is 2.09. The number of benzene rings is 1. The number of nitrogens with one attached hydrogen (secondary N) is 2. The minimum atomic E-state index is 0.565. The highest BCUT2D eigenvalue weighted by atomic mass is 35.5. The summed E-state index contributed by atoms with van der Waals surface area (Å²) in [5.74, 6) is 1.29. The molecule has 0 spiro atoms. The van der Waals surface area contributed by atoms with Crippen molar-refractivity contribution in [3.8, 4) is 0 Å². The van der Waals surface area contributed by atoms with Crippen LogP contribution in [-0.2, 0) is 0 Å². The minimum Gasteiger partial charge on any atom is -0.357 e. The fraction of sp³-hybridized carbons (Fsp3) is 0.0769. The molecule has 3 rings (SSSR count). The van der Waals surface area contributed by atoms with Crippen molar-refractivity contribution in [1.29, 1.82) is 0 Å². The first-order valence-electron chi connectivity index (χ1n) is 5.82. The maximum Gasteiger partial charge on any atom is 0.225 e. The number of anilines is 3. The molecule has 0 bridgehead atoms. The molecule has 2 aromatic heterocycles.